The number of rotatable bonds is 3. The van der Waals surface area contributed by atoms with Crippen molar-refractivity contribution in [1.82, 2.24) is 0 Å². The Kier molecular flexibility index (Phi) is 4.95. The molecule has 10 rings (SSSR count). The number of fused-ring (bicyclic) bond motifs is 11. The summed E-state index contributed by atoms with van der Waals surface area (Å²) in [5.41, 5.74) is 12.5. The van der Waals surface area contributed by atoms with Gasteiger partial charge in [-0.25, -0.2) is 0 Å². The molecule has 9 aromatic rings. The van der Waals surface area contributed by atoms with Crippen molar-refractivity contribution < 1.29 is 8.83 Å². The highest BCUT2D eigenvalue weighted by Crippen LogP contribution is 2.62. The van der Waals surface area contributed by atoms with Gasteiger partial charge in [-0.1, -0.05) is 140 Å². The highest BCUT2D eigenvalue weighted by molar-refractivity contribution is 6.23. The van der Waals surface area contributed by atoms with Crippen LogP contribution >= 0.6 is 0 Å². The summed E-state index contributed by atoms with van der Waals surface area (Å²) >= 11 is 0. The molecular weight excluding hydrogens is 548 g/mol. The van der Waals surface area contributed by atoms with Gasteiger partial charge in [-0.15, -0.1) is 0 Å². The van der Waals surface area contributed by atoms with E-state index >= 15 is 0 Å². The van der Waals surface area contributed by atoms with Crippen LogP contribution in [0.2, 0.25) is 0 Å². The Morgan fingerprint density at radius 1 is 0.400 bits per heavy atom. The largest absolute Gasteiger partial charge is 0.455 e. The number of para-hydroxylation sites is 2. The second kappa shape index (κ2) is 9.07. The van der Waals surface area contributed by atoms with Gasteiger partial charge in [0.05, 0.1) is 5.41 Å². The molecule has 0 unspecified atom stereocenters. The maximum absolute atomic E-state index is 6.84. The fraction of sp³-hybridized carbons (Fsp3) is 0.0233. The molecule has 1 aliphatic rings. The first-order chi connectivity index (χ1) is 22.3. The van der Waals surface area contributed by atoms with Crippen LogP contribution in [0, 0.1) is 0 Å². The summed E-state index contributed by atoms with van der Waals surface area (Å²) in [5.74, 6) is 0. The average molecular weight is 575 g/mol. The Balaban J connectivity index is 1.51. The summed E-state index contributed by atoms with van der Waals surface area (Å²) in [5, 5.41) is 4.49. The van der Waals surface area contributed by atoms with Gasteiger partial charge in [-0.3, -0.25) is 0 Å². The Labute approximate surface area is 259 Å². The highest BCUT2D eigenvalue weighted by Gasteiger charge is 2.49. The van der Waals surface area contributed by atoms with Crippen molar-refractivity contribution in [3.8, 4) is 22.3 Å². The van der Waals surface area contributed by atoms with Crippen LogP contribution in [0.4, 0.5) is 0 Å². The average Bonchev–Trinajstić information content (AvgIpc) is 3.77. The van der Waals surface area contributed by atoms with Crippen molar-refractivity contribution >= 4 is 43.9 Å². The lowest BCUT2D eigenvalue weighted by molar-refractivity contribution is 0.669. The van der Waals surface area contributed by atoms with Gasteiger partial charge in [0, 0.05) is 38.2 Å². The van der Waals surface area contributed by atoms with Crippen molar-refractivity contribution in [3.63, 3.8) is 0 Å². The zero-order chi connectivity index (χ0) is 29.5. The zero-order valence-corrected chi connectivity index (χ0v) is 24.3. The van der Waals surface area contributed by atoms with E-state index in [0.717, 1.165) is 60.6 Å². The molecule has 45 heavy (non-hydrogen) atoms. The van der Waals surface area contributed by atoms with E-state index in [4.69, 9.17) is 8.83 Å². The number of hydrogen-bond acceptors (Lipinski definition) is 2. The van der Waals surface area contributed by atoms with Crippen molar-refractivity contribution in [3.05, 3.63) is 180 Å². The van der Waals surface area contributed by atoms with Crippen molar-refractivity contribution in [2.45, 2.75) is 5.41 Å². The fourth-order valence-corrected chi connectivity index (χ4v) is 7.95. The van der Waals surface area contributed by atoms with Gasteiger partial charge in [-0.2, -0.15) is 0 Å². The minimum absolute atomic E-state index is 0.587. The first-order valence-corrected chi connectivity index (χ1v) is 15.4. The Morgan fingerprint density at radius 2 is 0.956 bits per heavy atom. The third-order valence-electron chi connectivity index (χ3n) is 9.75. The quantitative estimate of drug-likeness (QED) is 0.210. The van der Waals surface area contributed by atoms with E-state index < -0.39 is 5.41 Å². The Bertz CT molecular complexity index is 2530. The van der Waals surface area contributed by atoms with E-state index in [-0.39, 0.29) is 0 Å². The minimum atomic E-state index is -0.587. The molecule has 0 radical (unpaired) electrons. The van der Waals surface area contributed by atoms with Gasteiger partial charge in [0.25, 0.3) is 0 Å². The molecular formula is C43H26O2. The van der Waals surface area contributed by atoms with Crippen LogP contribution < -0.4 is 0 Å². The second-order valence-electron chi connectivity index (χ2n) is 12.0. The third-order valence-corrected chi connectivity index (χ3v) is 9.75. The van der Waals surface area contributed by atoms with Crippen LogP contribution in [-0.4, -0.2) is 0 Å². The van der Waals surface area contributed by atoms with Gasteiger partial charge < -0.3 is 8.83 Å². The summed E-state index contributed by atoms with van der Waals surface area (Å²) in [6.45, 7) is 0. The monoisotopic (exact) mass is 574 g/mol. The third kappa shape index (κ3) is 3.18. The summed E-state index contributed by atoms with van der Waals surface area (Å²) in [4.78, 5) is 0. The maximum Gasteiger partial charge on any atom is 0.143 e. The summed E-state index contributed by atoms with van der Waals surface area (Å²) in [6, 6.07) is 56.3. The fourth-order valence-electron chi connectivity index (χ4n) is 7.95. The summed E-state index contributed by atoms with van der Waals surface area (Å²) < 4.78 is 13.6. The number of hydrogen-bond donors (Lipinski definition) is 0. The molecule has 0 spiro atoms. The van der Waals surface area contributed by atoms with Gasteiger partial charge >= 0.3 is 0 Å². The molecule has 2 heterocycles. The van der Waals surface area contributed by atoms with Gasteiger partial charge in [-0.05, 0) is 46.0 Å². The molecule has 0 saturated heterocycles. The molecule has 2 nitrogen and oxygen atoms in total. The SMILES string of the molecule is c1ccc(-c2cc3c(c4c2oc2ccccc24)-c2c(ccc4c2oc2ccccc24)C3(c2ccccc2)c2ccccc2)cc1. The van der Waals surface area contributed by atoms with Gasteiger partial charge in [0.2, 0.25) is 0 Å². The highest BCUT2D eigenvalue weighted by atomic mass is 16.3. The second-order valence-corrected chi connectivity index (χ2v) is 12.0. The molecule has 210 valence electrons. The van der Waals surface area contributed by atoms with Gasteiger partial charge in [0.15, 0.2) is 0 Å². The lowest BCUT2D eigenvalue weighted by Crippen LogP contribution is -2.28. The molecule has 7 aromatic carbocycles. The van der Waals surface area contributed by atoms with Crippen molar-refractivity contribution in [1.29, 1.82) is 0 Å². The Hall–Kier alpha value is -5.86. The predicted molar refractivity (Wildman–Crippen MR) is 184 cm³/mol. The molecule has 1 aliphatic carbocycles. The van der Waals surface area contributed by atoms with E-state index in [1.165, 1.54) is 27.8 Å². The summed E-state index contributed by atoms with van der Waals surface area (Å²) in [7, 11) is 0. The van der Waals surface area contributed by atoms with E-state index in [1.807, 2.05) is 6.07 Å². The standard InChI is InChI=1S/C43H26O2/c1-4-14-27(15-5-1)33-26-35-39(38-32-21-11-13-23-37(32)45-42(33)38)40-34(25-24-31-30-20-10-12-22-36(30)44-41(31)40)43(35,28-16-6-2-7-17-28)29-18-8-3-9-19-29/h1-26H. The van der Waals surface area contributed by atoms with E-state index in [2.05, 4.69) is 152 Å². The smallest absolute Gasteiger partial charge is 0.143 e. The maximum atomic E-state index is 6.84. The summed E-state index contributed by atoms with van der Waals surface area (Å²) in [6.07, 6.45) is 0. The van der Waals surface area contributed by atoms with Crippen molar-refractivity contribution in [2.75, 3.05) is 0 Å². The van der Waals surface area contributed by atoms with Crippen LogP contribution in [0.25, 0.3) is 66.1 Å². The van der Waals surface area contributed by atoms with Crippen LogP contribution in [0.15, 0.2) is 167 Å². The lowest BCUT2D eigenvalue weighted by Gasteiger charge is -2.34. The zero-order valence-electron chi connectivity index (χ0n) is 24.3. The number of benzene rings is 7. The molecule has 0 saturated carbocycles. The van der Waals surface area contributed by atoms with Crippen LogP contribution in [0.3, 0.4) is 0 Å². The van der Waals surface area contributed by atoms with Crippen molar-refractivity contribution in [2.24, 2.45) is 0 Å². The minimum Gasteiger partial charge on any atom is -0.455 e. The molecule has 0 atom stereocenters. The van der Waals surface area contributed by atoms with Crippen LogP contribution in [-0.2, 0) is 5.41 Å². The van der Waals surface area contributed by atoms with E-state index in [1.54, 1.807) is 0 Å². The predicted octanol–water partition coefficient (Wildman–Crippen LogP) is 11.5. The molecule has 0 N–H and O–H groups in total. The first-order valence-electron chi connectivity index (χ1n) is 15.4. The van der Waals surface area contributed by atoms with Gasteiger partial charge in [0.1, 0.15) is 22.3 Å². The normalized spacial score (nSPS) is 13.5. The van der Waals surface area contributed by atoms with E-state index in [9.17, 15) is 0 Å². The first kappa shape index (κ1) is 24.6. The van der Waals surface area contributed by atoms with E-state index in [0.29, 0.717) is 0 Å². The van der Waals surface area contributed by atoms with Crippen LogP contribution in [0.1, 0.15) is 22.3 Å². The molecule has 0 aliphatic heterocycles. The lowest BCUT2D eigenvalue weighted by atomic mass is 9.67. The molecule has 2 aromatic heterocycles. The molecule has 0 fully saturated rings. The topological polar surface area (TPSA) is 26.3 Å². The molecule has 2 heteroatoms. The number of furan rings is 2. The Morgan fingerprint density at radius 3 is 1.64 bits per heavy atom. The molecule has 0 bridgehead atoms. The van der Waals surface area contributed by atoms with Crippen LogP contribution in [0.5, 0.6) is 0 Å². The molecule has 0 amide bonds.